The van der Waals surface area contributed by atoms with Gasteiger partial charge in [0.05, 0.1) is 0 Å². The second-order valence-corrected chi connectivity index (χ2v) is 10.9. The molecule has 0 spiro atoms. The van der Waals surface area contributed by atoms with E-state index in [-0.39, 0.29) is 18.6 Å². The lowest BCUT2D eigenvalue weighted by Gasteiger charge is -2.39. The maximum absolute atomic E-state index is 14.0. The van der Waals surface area contributed by atoms with E-state index in [0.29, 0.717) is 12.0 Å². The van der Waals surface area contributed by atoms with Gasteiger partial charge >= 0.3 is 6.09 Å². The van der Waals surface area contributed by atoms with Gasteiger partial charge in [0.25, 0.3) is 0 Å². The van der Waals surface area contributed by atoms with Crippen molar-refractivity contribution < 1.29 is 29.0 Å². The number of hydrogen-bond donors (Lipinski definition) is 4. The largest absolute Gasteiger partial charge is 0.508 e. The number of hydrogen-bond acceptors (Lipinski definition) is 6. The number of ether oxygens (including phenoxy) is 1. The van der Waals surface area contributed by atoms with Gasteiger partial charge in [-0.25, -0.2) is 4.79 Å². The molecule has 202 valence electrons. The number of primary amides is 1. The normalized spacial score (nSPS) is 14.2. The van der Waals surface area contributed by atoms with Crippen molar-refractivity contribution in [1.29, 1.82) is 0 Å². The minimum absolute atomic E-state index is 0.0604. The third-order valence-corrected chi connectivity index (χ3v) is 5.20. The Balaban J connectivity index is 3.57. The number of nitrogens with zero attached hydrogens (tertiary/aromatic N) is 1. The van der Waals surface area contributed by atoms with Crippen molar-refractivity contribution in [3.05, 3.63) is 29.8 Å². The van der Waals surface area contributed by atoms with E-state index in [0.717, 1.165) is 0 Å². The van der Waals surface area contributed by atoms with Crippen LogP contribution in [0.4, 0.5) is 4.79 Å². The Morgan fingerprint density at radius 2 is 1.72 bits per heavy atom. The summed E-state index contributed by atoms with van der Waals surface area (Å²) in [5, 5.41) is 15.6. The predicted octanol–water partition coefficient (Wildman–Crippen LogP) is 3.13. The molecule has 0 fully saturated rings. The summed E-state index contributed by atoms with van der Waals surface area (Å²) in [6.45, 7) is 14.2. The Hall–Kier alpha value is -3.30. The van der Waals surface area contributed by atoms with Crippen molar-refractivity contribution in [3.8, 4) is 5.75 Å². The van der Waals surface area contributed by atoms with Gasteiger partial charge in [-0.1, -0.05) is 19.1 Å². The van der Waals surface area contributed by atoms with Crippen molar-refractivity contribution in [2.45, 2.75) is 104 Å². The number of nitrogens with two attached hydrogens (primary N) is 1. The maximum Gasteiger partial charge on any atom is 0.408 e. The molecule has 4 amide bonds. The van der Waals surface area contributed by atoms with Crippen LogP contribution in [0.5, 0.6) is 5.75 Å². The zero-order chi connectivity index (χ0) is 27.8. The van der Waals surface area contributed by atoms with Gasteiger partial charge < -0.3 is 31.1 Å². The van der Waals surface area contributed by atoms with Gasteiger partial charge in [-0.15, -0.1) is 0 Å². The van der Waals surface area contributed by atoms with Crippen molar-refractivity contribution in [1.82, 2.24) is 15.5 Å². The number of alkyl carbamates (subject to hydrolysis) is 1. The van der Waals surface area contributed by atoms with E-state index >= 15 is 0 Å². The molecule has 10 heteroatoms. The summed E-state index contributed by atoms with van der Waals surface area (Å²) in [4.78, 5) is 53.0. The molecule has 1 aromatic carbocycles. The molecule has 0 saturated heterocycles. The zero-order valence-corrected chi connectivity index (χ0v) is 22.7. The van der Waals surface area contributed by atoms with E-state index in [2.05, 4.69) is 10.6 Å². The molecule has 0 heterocycles. The van der Waals surface area contributed by atoms with Crippen LogP contribution in [0.2, 0.25) is 0 Å². The molecule has 1 aromatic rings. The van der Waals surface area contributed by atoms with Crippen LogP contribution in [0.3, 0.4) is 0 Å². The topological polar surface area (TPSA) is 151 Å². The average Bonchev–Trinajstić information content (AvgIpc) is 2.71. The van der Waals surface area contributed by atoms with Crippen LogP contribution in [0.1, 0.15) is 86.3 Å². The van der Waals surface area contributed by atoms with E-state index < -0.39 is 53.1 Å². The first kappa shape index (κ1) is 30.7. The van der Waals surface area contributed by atoms with Gasteiger partial charge in [0.2, 0.25) is 17.7 Å². The molecule has 1 rings (SSSR count). The van der Waals surface area contributed by atoms with E-state index in [1.165, 1.54) is 17.0 Å². The SMILES string of the molecule is CCC(C)N(C(=O)C(CCC(N)=O)NC(=O)OC(C)(C)C)C(C(=O)NC(C)(C)C)c1cccc(O)c1. The number of rotatable bonds is 10. The van der Waals surface area contributed by atoms with Gasteiger partial charge in [0, 0.05) is 18.0 Å². The van der Waals surface area contributed by atoms with Crippen LogP contribution in [0.25, 0.3) is 0 Å². The summed E-state index contributed by atoms with van der Waals surface area (Å²) in [6.07, 6.45) is -0.569. The summed E-state index contributed by atoms with van der Waals surface area (Å²) in [5.74, 6) is -1.72. The Kier molecular flexibility index (Phi) is 10.8. The molecule has 0 aliphatic carbocycles. The van der Waals surface area contributed by atoms with Gasteiger partial charge in [-0.2, -0.15) is 0 Å². The molecule has 0 aliphatic rings. The molecule has 3 unspecified atom stereocenters. The molecule has 0 aromatic heterocycles. The number of aromatic hydroxyl groups is 1. The van der Waals surface area contributed by atoms with Gasteiger partial charge in [0.15, 0.2) is 0 Å². The fourth-order valence-corrected chi connectivity index (χ4v) is 3.54. The predicted molar refractivity (Wildman–Crippen MR) is 137 cm³/mol. The third-order valence-electron chi connectivity index (χ3n) is 5.20. The lowest BCUT2D eigenvalue weighted by atomic mass is 9.97. The van der Waals surface area contributed by atoms with Crippen molar-refractivity contribution in [2.75, 3.05) is 0 Å². The lowest BCUT2D eigenvalue weighted by Crippen LogP contribution is -2.57. The van der Waals surface area contributed by atoms with Crippen molar-refractivity contribution >= 4 is 23.8 Å². The Morgan fingerprint density at radius 1 is 1.11 bits per heavy atom. The Bertz CT molecular complexity index is 935. The van der Waals surface area contributed by atoms with Crippen molar-refractivity contribution in [2.24, 2.45) is 5.73 Å². The number of carbonyl (C=O) groups is 4. The number of carbonyl (C=O) groups excluding carboxylic acids is 4. The summed E-state index contributed by atoms with van der Waals surface area (Å²) >= 11 is 0. The van der Waals surface area contributed by atoms with Crippen LogP contribution in [-0.2, 0) is 19.1 Å². The van der Waals surface area contributed by atoms with Crippen LogP contribution in [-0.4, -0.2) is 57.0 Å². The highest BCUT2D eigenvalue weighted by Gasteiger charge is 2.39. The molecule has 3 atom stereocenters. The Morgan fingerprint density at radius 3 is 2.19 bits per heavy atom. The molecule has 0 saturated carbocycles. The first-order valence-corrected chi connectivity index (χ1v) is 12.2. The van der Waals surface area contributed by atoms with Crippen molar-refractivity contribution in [3.63, 3.8) is 0 Å². The van der Waals surface area contributed by atoms with E-state index in [1.807, 2.05) is 27.7 Å². The third kappa shape index (κ3) is 10.1. The number of phenolic OH excluding ortho intramolecular Hbond substituents is 1. The number of nitrogens with one attached hydrogen (secondary N) is 2. The molecule has 36 heavy (non-hydrogen) atoms. The van der Waals surface area contributed by atoms with E-state index in [1.54, 1.807) is 39.8 Å². The first-order chi connectivity index (χ1) is 16.4. The Labute approximate surface area is 213 Å². The zero-order valence-electron chi connectivity index (χ0n) is 22.7. The second-order valence-electron chi connectivity index (χ2n) is 10.9. The number of amides is 4. The molecule has 0 radical (unpaired) electrons. The van der Waals surface area contributed by atoms with Gasteiger partial charge in [-0.3, -0.25) is 14.4 Å². The molecule has 10 nitrogen and oxygen atoms in total. The maximum atomic E-state index is 14.0. The molecule has 0 aliphatic heterocycles. The standard InChI is InChI=1S/C26H42N4O6/c1-9-16(2)30(21(22(33)29-25(3,4)5)17-11-10-12-18(31)15-17)23(34)19(13-14-20(27)32)28-24(35)36-26(6,7)8/h10-12,15-16,19,21,31H,9,13-14H2,1-8H3,(H2,27,32)(H,28,35)(H,29,33). The smallest absolute Gasteiger partial charge is 0.408 e. The fourth-order valence-electron chi connectivity index (χ4n) is 3.54. The minimum atomic E-state index is -1.18. The summed E-state index contributed by atoms with van der Waals surface area (Å²) in [6, 6.07) is 3.40. The highest BCUT2D eigenvalue weighted by atomic mass is 16.6. The minimum Gasteiger partial charge on any atom is -0.508 e. The molecular weight excluding hydrogens is 464 g/mol. The highest BCUT2D eigenvalue weighted by Crippen LogP contribution is 2.29. The number of phenols is 1. The van der Waals surface area contributed by atoms with Crippen LogP contribution in [0.15, 0.2) is 24.3 Å². The quantitative estimate of drug-likeness (QED) is 0.383. The lowest BCUT2D eigenvalue weighted by molar-refractivity contribution is -0.146. The molecular formula is C26H42N4O6. The molecule has 0 bridgehead atoms. The van der Waals surface area contributed by atoms with Gasteiger partial charge in [-0.05, 0) is 79.0 Å². The summed E-state index contributed by atoms with van der Waals surface area (Å²) < 4.78 is 5.32. The van der Waals surface area contributed by atoms with E-state index in [9.17, 15) is 24.3 Å². The van der Waals surface area contributed by atoms with Crippen LogP contribution < -0.4 is 16.4 Å². The first-order valence-electron chi connectivity index (χ1n) is 12.2. The van der Waals surface area contributed by atoms with E-state index in [4.69, 9.17) is 10.5 Å². The second kappa shape index (κ2) is 12.6. The summed E-state index contributed by atoms with van der Waals surface area (Å²) in [5.41, 5.74) is 4.31. The molecule has 5 N–H and O–H groups in total. The number of benzene rings is 1. The average molecular weight is 507 g/mol. The van der Waals surface area contributed by atoms with Crippen LogP contribution >= 0.6 is 0 Å². The summed E-state index contributed by atoms with van der Waals surface area (Å²) in [7, 11) is 0. The monoisotopic (exact) mass is 506 g/mol. The fraction of sp³-hybridized carbons (Fsp3) is 0.615. The van der Waals surface area contributed by atoms with Crippen LogP contribution in [0, 0.1) is 0 Å². The van der Waals surface area contributed by atoms with Gasteiger partial charge in [0.1, 0.15) is 23.4 Å². The highest BCUT2D eigenvalue weighted by molar-refractivity contribution is 5.93.